The molecule has 0 N–H and O–H groups in total. The van der Waals surface area contributed by atoms with Crippen LogP contribution in [0, 0.1) is 0 Å². The number of amides is 2. The molecule has 4 nitrogen and oxygen atoms in total. The predicted molar refractivity (Wildman–Crippen MR) is 82.0 cm³/mol. The minimum Gasteiger partial charge on any atom is -0.273 e. The van der Waals surface area contributed by atoms with Gasteiger partial charge in [-0.3, -0.25) is 14.5 Å². The molecule has 5 heteroatoms. The first-order valence-electron chi connectivity index (χ1n) is 6.17. The predicted octanol–water partition coefficient (Wildman–Crippen LogP) is 2.82. The van der Waals surface area contributed by atoms with Crippen LogP contribution in [-0.4, -0.2) is 23.2 Å². The van der Waals surface area contributed by atoms with Gasteiger partial charge in [-0.25, -0.2) is 0 Å². The summed E-state index contributed by atoms with van der Waals surface area (Å²) >= 11 is 1.30. The van der Waals surface area contributed by atoms with Crippen molar-refractivity contribution in [3.8, 4) is 0 Å². The van der Waals surface area contributed by atoms with E-state index in [1.807, 2.05) is 48.7 Å². The number of thioether (sulfide) groups is 1. The highest BCUT2D eigenvalue weighted by atomic mass is 32.2. The number of rotatable bonds is 1. The minimum absolute atomic E-state index is 0.173. The molecule has 2 amide bonds. The van der Waals surface area contributed by atoms with Crippen LogP contribution in [0.5, 0.6) is 0 Å². The van der Waals surface area contributed by atoms with Crippen LogP contribution >= 0.6 is 11.8 Å². The number of anilines is 1. The van der Waals surface area contributed by atoms with Crippen LogP contribution in [0.15, 0.2) is 47.5 Å². The third kappa shape index (κ3) is 2.10. The lowest BCUT2D eigenvalue weighted by Gasteiger charge is -2.26. The van der Waals surface area contributed by atoms with Gasteiger partial charge in [-0.1, -0.05) is 48.2 Å². The smallest absolute Gasteiger partial charge is 0.257 e. The summed E-state index contributed by atoms with van der Waals surface area (Å²) in [6.07, 6.45) is 1.64. The molecule has 2 aromatic rings. The summed E-state index contributed by atoms with van der Waals surface area (Å²) in [5.41, 5.74) is 0.772. The van der Waals surface area contributed by atoms with E-state index in [1.165, 1.54) is 16.7 Å². The maximum atomic E-state index is 12.2. The van der Waals surface area contributed by atoms with Crippen molar-refractivity contribution in [2.45, 2.75) is 6.42 Å². The van der Waals surface area contributed by atoms with Gasteiger partial charge in [0.25, 0.3) is 5.91 Å². The zero-order valence-electron chi connectivity index (χ0n) is 10.9. The van der Waals surface area contributed by atoms with Crippen molar-refractivity contribution in [2.75, 3.05) is 11.2 Å². The van der Waals surface area contributed by atoms with E-state index < -0.39 is 0 Å². The normalized spacial score (nSPS) is 15.7. The molecule has 0 bridgehead atoms. The molecule has 0 aromatic heterocycles. The molecule has 0 fully saturated rings. The zero-order chi connectivity index (χ0) is 14.1. The molecule has 100 valence electrons. The van der Waals surface area contributed by atoms with Gasteiger partial charge in [-0.15, -0.1) is 0 Å². The van der Waals surface area contributed by atoms with Gasteiger partial charge in [0.1, 0.15) is 6.42 Å². The molecule has 1 heterocycles. The van der Waals surface area contributed by atoms with Crippen molar-refractivity contribution in [1.82, 2.24) is 0 Å². The summed E-state index contributed by atoms with van der Waals surface area (Å²) in [4.78, 5) is 29.2. The number of fused-ring (bicyclic) bond motifs is 1. The Hall–Kier alpha value is -2.14. The van der Waals surface area contributed by atoms with Gasteiger partial charge in [0.15, 0.2) is 5.17 Å². The SMILES string of the molecule is CSC1=NC(=O)CC(=O)N1c1cccc2ccccc12. The van der Waals surface area contributed by atoms with Crippen molar-refractivity contribution in [3.63, 3.8) is 0 Å². The first kappa shape index (κ1) is 12.9. The molecule has 0 spiro atoms. The van der Waals surface area contributed by atoms with Crippen LogP contribution in [0.1, 0.15) is 6.42 Å². The van der Waals surface area contributed by atoms with Crippen LogP contribution in [0.4, 0.5) is 5.69 Å². The van der Waals surface area contributed by atoms with Crippen LogP contribution in [0.25, 0.3) is 10.8 Å². The Morgan fingerprint density at radius 1 is 1.10 bits per heavy atom. The number of carbonyl (C=O) groups excluding carboxylic acids is 2. The molecule has 0 radical (unpaired) electrons. The number of nitrogens with zero attached hydrogens (tertiary/aromatic N) is 2. The first-order valence-corrected chi connectivity index (χ1v) is 7.39. The Kier molecular flexibility index (Phi) is 3.28. The fourth-order valence-corrected chi connectivity index (χ4v) is 2.86. The highest BCUT2D eigenvalue weighted by molar-refractivity contribution is 8.13. The molecular formula is C15H12N2O2S. The molecule has 0 atom stereocenters. The van der Waals surface area contributed by atoms with E-state index in [2.05, 4.69) is 4.99 Å². The van der Waals surface area contributed by atoms with Crippen LogP contribution in [-0.2, 0) is 9.59 Å². The molecule has 1 aliphatic heterocycles. The minimum atomic E-state index is -0.379. The third-order valence-corrected chi connectivity index (χ3v) is 3.79. The lowest BCUT2D eigenvalue weighted by molar-refractivity contribution is -0.126. The summed E-state index contributed by atoms with van der Waals surface area (Å²) < 4.78 is 0. The van der Waals surface area contributed by atoms with E-state index in [0.717, 1.165) is 16.5 Å². The Labute approximate surface area is 120 Å². The van der Waals surface area contributed by atoms with Crippen LogP contribution in [0.3, 0.4) is 0 Å². The van der Waals surface area contributed by atoms with Crippen molar-refractivity contribution in [3.05, 3.63) is 42.5 Å². The standard InChI is InChI=1S/C15H12N2O2S/c1-20-15-16-13(18)9-14(19)17(15)12-8-4-6-10-5-2-3-7-11(10)12/h2-8H,9H2,1H3. The average Bonchev–Trinajstić information content (AvgIpc) is 2.46. The largest absolute Gasteiger partial charge is 0.273 e. The topological polar surface area (TPSA) is 49.7 Å². The van der Waals surface area contributed by atoms with E-state index in [0.29, 0.717) is 5.17 Å². The zero-order valence-corrected chi connectivity index (χ0v) is 11.7. The number of hydrogen-bond acceptors (Lipinski definition) is 3. The van der Waals surface area contributed by atoms with Crippen molar-refractivity contribution in [2.24, 2.45) is 4.99 Å². The van der Waals surface area contributed by atoms with Gasteiger partial charge >= 0.3 is 0 Å². The molecule has 0 saturated carbocycles. The Morgan fingerprint density at radius 3 is 2.65 bits per heavy atom. The lowest BCUT2D eigenvalue weighted by atomic mass is 10.1. The summed E-state index contributed by atoms with van der Waals surface area (Å²) in [5.74, 6) is -0.610. The number of hydrogen-bond donors (Lipinski definition) is 0. The number of aliphatic imine (C=N–C) groups is 1. The van der Waals surface area contributed by atoms with Gasteiger partial charge < -0.3 is 0 Å². The second-order valence-corrected chi connectivity index (χ2v) is 5.17. The lowest BCUT2D eigenvalue weighted by Crippen LogP contribution is -2.40. The second kappa shape index (κ2) is 5.09. The van der Waals surface area contributed by atoms with Gasteiger partial charge in [-0.05, 0) is 17.7 Å². The van der Waals surface area contributed by atoms with Crippen molar-refractivity contribution < 1.29 is 9.59 Å². The van der Waals surface area contributed by atoms with Crippen LogP contribution in [0.2, 0.25) is 0 Å². The van der Waals surface area contributed by atoms with Crippen LogP contribution < -0.4 is 4.90 Å². The molecule has 0 unspecified atom stereocenters. The molecular weight excluding hydrogens is 272 g/mol. The highest BCUT2D eigenvalue weighted by Crippen LogP contribution is 2.30. The van der Waals surface area contributed by atoms with Gasteiger partial charge in [0.05, 0.1) is 5.69 Å². The fraction of sp³-hybridized carbons (Fsp3) is 0.133. The van der Waals surface area contributed by atoms with E-state index in [4.69, 9.17) is 0 Å². The highest BCUT2D eigenvalue weighted by Gasteiger charge is 2.29. The Morgan fingerprint density at radius 2 is 1.85 bits per heavy atom. The summed E-state index contributed by atoms with van der Waals surface area (Å²) in [5, 5.41) is 2.46. The molecule has 0 saturated heterocycles. The number of benzene rings is 2. The maximum absolute atomic E-state index is 12.2. The van der Waals surface area contributed by atoms with E-state index in [9.17, 15) is 9.59 Å². The van der Waals surface area contributed by atoms with Gasteiger partial charge in [0, 0.05) is 5.39 Å². The molecule has 1 aliphatic rings. The summed E-state index contributed by atoms with van der Waals surface area (Å²) in [7, 11) is 0. The Balaban J connectivity index is 2.21. The van der Waals surface area contributed by atoms with E-state index in [-0.39, 0.29) is 18.2 Å². The van der Waals surface area contributed by atoms with E-state index >= 15 is 0 Å². The van der Waals surface area contributed by atoms with Gasteiger partial charge in [-0.2, -0.15) is 4.99 Å². The Bertz CT molecular complexity index is 734. The molecule has 2 aromatic carbocycles. The summed E-state index contributed by atoms with van der Waals surface area (Å²) in [6.45, 7) is 0. The first-order chi connectivity index (χ1) is 9.70. The maximum Gasteiger partial charge on any atom is 0.257 e. The summed E-state index contributed by atoms with van der Waals surface area (Å²) in [6, 6.07) is 13.6. The van der Waals surface area contributed by atoms with Gasteiger partial charge in [0.2, 0.25) is 5.91 Å². The monoisotopic (exact) mass is 284 g/mol. The second-order valence-electron chi connectivity index (χ2n) is 4.40. The average molecular weight is 284 g/mol. The number of carbonyl (C=O) groups is 2. The van der Waals surface area contributed by atoms with Crippen molar-refractivity contribution >= 4 is 45.2 Å². The quantitative estimate of drug-likeness (QED) is 0.757. The molecule has 0 aliphatic carbocycles. The van der Waals surface area contributed by atoms with Crippen molar-refractivity contribution in [1.29, 1.82) is 0 Å². The van der Waals surface area contributed by atoms with E-state index in [1.54, 1.807) is 0 Å². The fourth-order valence-electron chi connectivity index (χ4n) is 2.29. The molecule has 20 heavy (non-hydrogen) atoms. The number of amidine groups is 1. The third-order valence-electron chi connectivity index (χ3n) is 3.15. The molecule has 3 rings (SSSR count).